The zero-order chi connectivity index (χ0) is 13.4. The van der Waals surface area contributed by atoms with Crippen LogP contribution < -0.4 is 0 Å². The van der Waals surface area contributed by atoms with Crippen LogP contribution in [0.5, 0.6) is 0 Å². The van der Waals surface area contributed by atoms with Crippen molar-refractivity contribution >= 4 is 18.9 Å². The maximum absolute atomic E-state index is 11.2. The predicted octanol–water partition coefficient (Wildman–Crippen LogP) is 2.28. The Kier molecular flexibility index (Phi) is 3.55. The molecule has 0 aromatic heterocycles. The molecule has 0 aliphatic heterocycles. The summed E-state index contributed by atoms with van der Waals surface area (Å²) in [5.41, 5.74) is 0. The van der Waals surface area contributed by atoms with Gasteiger partial charge in [-0.1, -0.05) is 0 Å². The molecular weight excluding hydrogens is 240 g/mol. The first-order valence-electron chi connectivity index (χ1n) is 7.61. The van der Waals surface area contributed by atoms with Gasteiger partial charge in [-0.3, -0.25) is 0 Å². The summed E-state index contributed by atoms with van der Waals surface area (Å²) < 4.78 is 0. The molecule has 0 saturated heterocycles. The van der Waals surface area contributed by atoms with Crippen molar-refractivity contribution in [3.8, 4) is 0 Å². The number of hydrogen-bond donors (Lipinski definition) is 0. The van der Waals surface area contributed by atoms with Crippen LogP contribution in [0.3, 0.4) is 0 Å². The summed E-state index contributed by atoms with van der Waals surface area (Å²) in [5.74, 6) is 2.75. The molecule has 0 bridgehead atoms. The van der Waals surface area contributed by atoms with E-state index in [0.29, 0.717) is 23.7 Å². The van der Waals surface area contributed by atoms with E-state index in [1.807, 2.05) is 0 Å². The Morgan fingerprint density at radius 1 is 0.526 bits per heavy atom. The second kappa shape index (κ2) is 5.18. The van der Waals surface area contributed by atoms with Crippen LogP contribution in [0.2, 0.25) is 0 Å². The summed E-state index contributed by atoms with van der Waals surface area (Å²) in [5, 5.41) is 0. The molecule has 0 atom stereocenters. The molecule has 0 spiro atoms. The lowest BCUT2D eigenvalue weighted by atomic mass is 9.51. The van der Waals surface area contributed by atoms with Crippen LogP contribution in [0.4, 0.5) is 0 Å². The van der Waals surface area contributed by atoms with E-state index in [1.54, 1.807) is 0 Å². The van der Waals surface area contributed by atoms with Crippen LogP contribution >= 0.6 is 0 Å². The molecule has 0 radical (unpaired) electrons. The molecule has 3 saturated carbocycles. The fraction of sp³-hybridized carbons (Fsp3) is 0.812. The highest BCUT2D eigenvalue weighted by atomic mass is 16.1. The van der Waals surface area contributed by atoms with Gasteiger partial charge in [0.2, 0.25) is 0 Å². The van der Waals surface area contributed by atoms with E-state index in [0.717, 1.165) is 57.4 Å². The molecule has 104 valence electrons. The van der Waals surface area contributed by atoms with Gasteiger partial charge in [0.15, 0.2) is 0 Å². The van der Waals surface area contributed by atoms with Crippen molar-refractivity contribution in [2.45, 2.75) is 38.5 Å². The van der Waals surface area contributed by atoms with Crippen molar-refractivity contribution in [2.75, 3.05) is 0 Å². The fourth-order valence-corrected chi connectivity index (χ4v) is 5.34. The third kappa shape index (κ3) is 2.28. The Hall–Kier alpha value is -0.990. The van der Waals surface area contributed by atoms with Crippen LogP contribution in [-0.2, 0) is 14.4 Å². The molecule has 3 heteroatoms. The van der Waals surface area contributed by atoms with Gasteiger partial charge in [-0.25, -0.2) is 0 Å². The molecular formula is C16H22O3. The zero-order valence-electron chi connectivity index (χ0n) is 11.2. The molecule has 0 amide bonds. The van der Waals surface area contributed by atoms with Crippen LogP contribution in [-0.4, -0.2) is 18.9 Å². The molecule has 19 heavy (non-hydrogen) atoms. The molecule has 0 aromatic rings. The molecule has 3 rings (SSSR count). The first-order chi connectivity index (χ1) is 9.25. The van der Waals surface area contributed by atoms with E-state index in [9.17, 15) is 14.4 Å². The summed E-state index contributed by atoms with van der Waals surface area (Å²) in [6.07, 6.45) is 9.11. The number of rotatable bonds is 3. The highest BCUT2D eigenvalue weighted by Gasteiger charge is 2.49. The number of aldehydes is 3. The van der Waals surface area contributed by atoms with E-state index in [1.165, 1.54) is 0 Å². The molecule has 0 heterocycles. The van der Waals surface area contributed by atoms with E-state index >= 15 is 0 Å². The van der Waals surface area contributed by atoms with E-state index in [-0.39, 0.29) is 17.8 Å². The highest BCUT2D eigenvalue weighted by molar-refractivity contribution is 5.56. The Balaban J connectivity index is 1.85. The molecule has 0 aromatic carbocycles. The zero-order valence-corrected chi connectivity index (χ0v) is 11.2. The van der Waals surface area contributed by atoms with Crippen molar-refractivity contribution in [1.29, 1.82) is 0 Å². The van der Waals surface area contributed by atoms with Gasteiger partial charge in [0.05, 0.1) is 0 Å². The van der Waals surface area contributed by atoms with Crippen molar-refractivity contribution in [3.05, 3.63) is 0 Å². The third-order valence-electron chi connectivity index (χ3n) is 5.84. The van der Waals surface area contributed by atoms with E-state index < -0.39 is 0 Å². The summed E-state index contributed by atoms with van der Waals surface area (Å²) in [7, 11) is 0. The minimum atomic E-state index is 0.155. The largest absolute Gasteiger partial charge is 0.303 e. The minimum absolute atomic E-state index is 0.155. The lowest BCUT2D eigenvalue weighted by Crippen LogP contribution is -2.47. The smallest absolute Gasteiger partial charge is 0.123 e. The predicted molar refractivity (Wildman–Crippen MR) is 70.3 cm³/mol. The average molecular weight is 262 g/mol. The van der Waals surface area contributed by atoms with Crippen LogP contribution in [0, 0.1) is 41.4 Å². The van der Waals surface area contributed by atoms with Crippen molar-refractivity contribution in [1.82, 2.24) is 0 Å². The average Bonchev–Trinajstić information content (AvgIpc) is 2.46. The topological polar surface area (TPSA) is 51.2 Å². The van der Waals surface area contributed by atoms with Gasteiger partial charge in [0.1, 0.15) is 18.9 Å². The summed E-state index contributed by atoms with van der Waals surface area (Å²) in [6.45, 7) is 0. The summed E-state index contributed by atoms with van der Waals surface area (Å²) in [4.78, 5) is 33.5. The Bertz CT molecular complexity index is 303. The van der Waals surface area contributed by atoms with Gasteiger partial charge in [0.25, 0.3) is 0 Å². The van der Waals surface area contributed by atoms with Crippen molar-refractivity contribution in [3.63, 3.8) is 0 Å². The summed E-state index contributed by atoms with van der Waals surface area (Å²) >= 11 is 0. The first kappa shape index (κ1) is 13.0. The Labute approximate surface area is 114 Å². The quantitative estimate of drug-likeness (QED) is 0.733. The van der Waals surface area contributed by atoms with Gasteiger partial charge >= 0.3 is 0 Å². The molecule has 3 fully saturated rings. The molecule has 3 nitrogen and oxygen atoms in total. The van der Waals surface area contributed by atoms with Gasteiger partial charge in [-0.2, -0.15) is 0 Å². The fourth-order valence-electron chi connectivity index (χ4n) is 5.34. The van der Waals surface area contributed by atoms with Crippen LogP contribution in [0.1, 0.15) is 38.5 Å². The first-order valence-corrected chi connectivity index (χ1v) is 7.61. The molecule has 3 aliphatic rings. The second-order valence-electron chi connectivity index (χ2n) is 6.96. The van der Waals surface area contributed by atoms with Gasteiger partial charge in [-0.05, 0) is 62.2 Å². The normalized spacial score (nSPS) is 48.9. The monoisotopic (exact) mass is 262 g/mol. The Morgan fingerprint density at radius 2 is 0.789 bits per heavy atom. The highest BCUT2D eigenvalue weighted by Crippen LogP contribution is 2.55. The minimum Gasteiger partial charge on any atom is -0.303 e. The maximum Gasteiger partial charge on any atom is 0.123 e. The SMILES string of the molecule is O=CC1C[C@H]2CC(C=O)C[C@H]3CC(C=O)C[C@@H](C1)C32. The lowest BCUT2D eigenvalue weighted by Gasteiger charge is -2.53. The van der Waals surface area contributed by atoms with Crippen molar-refractivity contribution < 1.29 is 14.4 Å². The van der Waals surface area contributed by atoms with Crippen LogP contribution in [0.15, 0.2) is 0 Å². The van der Waals surface area contributed by atoms with E-state index in [2.05, 4.69) is 0 Å². The van der Waals surface area contributed by atoms with Gasteiger partial charge < -0.3 is 14.4 Å². The second-order valence-corrected chi connectivity index (χ2v) is 6.96. The number of carbonyl (C=O) groups is 3. The van der Waals surface area contributed by atoms with E-state index in [4.69, 9.17) is 0 Å². The number of carbonyl (C=O) groups excluding carboxylic acids is 3. The third-order valence-corrected chi connectivity index (χ3v) is 5.84. The maximum atomic E-state index is 11.2. The van der Waals surface area contributed by atoms with Crippen molar-refractivity contribution in [2.24, 2.45) is 41.4 Å². The van der Waals surface area contributed by atoms with Gasteiger partial charge in [0, 0.05) is 17.8 Å². The standard InChI is InChI=1S/C16H22O3/c17-7-10-1-13-3-11(8-18)4-15-6-12(9-19)5-14(2-10)16(13)15/h7-16H,1-6H2/t10?,11?,12?,13-,14+,15-,16?. The summed E-state index contributed by atoms with van der Waals surface area (Å²) in [6, 6.07) is 0. The lowest BCUT2D eigenvalue weighted by molar-refractivity contribution is -0.124. The molecule has 3 aliphatic carbocycles. The van der Waals surface area contributed by atoms with Crippen LogP contribution in [0.25, 0.3) is 0 Å². The number of hydrogen-bond acceptors (Lipinski definition) is 3. The van der Waals surface area contributed by atoms with Gasteiger partial charge in [-0.15, -0.1) is 0 Å². The molecule has 0 N–H and O–H groups in total. The Morgan fingerprint density at radius 3 is 1.00 bits per heavy atom. The molecule has 0 unspecified atom stereocenters.